The molecule has 148 valence electrons. The van der Waals surface area contributed by atoms with Gasteiger partial charge in [-0.3, -0.25) is 0 Å². The van der Waals surface area contributed by atoms with Gasteiger partial charge in [0.2, 0.25) is 11.6 Å². The molecule has 8 heteroatoms. The molecular weight excluding hydrogens is 458 g/mol. The van der Waals surface area contributed by atoms with Gasteiger partial charge in [0.15, 0.2) is 11.5 Å². The van der Waals surface area contributed by atoms with Crippen molar-refractivity contribution in [2.45, 2.75) is 0 Å². The summed E-state index contributed by atoms with van der Waals surface area (Å²) in [4.78, 5) is 18.0. The Morgan fingerprint density at radius 3 is 2.21 bits per heavy atom. The van der Waals surface area contributed by atoms with Crippen molar-refractivity contribution >= 4 is 37.5 Å². The van der Waals surface area contributed by atoms with E-state index in [0.717, 1.165) is 15.6 Å². The van der Waals surface area contributed by atoms with Crippen LogP contribution in [0.4, 0.5) is 0 Å². The van der Waals surface area contributed by atoms with Crippen LogP contribution in [0.5, 0.6) is 17.2 Å². The van der Waals surface area contributed by atoms with Gasteiger partial charge in [-0.1, -0.05) is 28.1 Å². The summed E-state index contributed by atoms with van der Waals surface area (Å²) in [5.74, 6) is 1.54. The number of ether oxygens (including phenoxy) is 3. The van der Waals surface area contributed by atoms with E-state index in [9.17, 15) is 4.79 Å². The predicted molar refractivity (Wildman–Crippen MR) is 116 cm³/mol. The van der Waals surface area contributed by atoms with Crippen LogP contribution in [0.3, 0.4) is 0 Å². The Morgan fingerprint density at radius 2 is 1.62 bits per heavy atom. The van der Waals surface area contributed by atoms with Gasteiger partial charge >= 0.3 is 5.63 Å². The minimum Gasteiger partial charge on any atom is -0.493 e. The Hall–Kier alpha value is -2.84. The van der Waals surface area contributed by atoms with E-state index in [0.29, 0.717) is 33.0 Å². The summed E-state index contributed by atoms with van der Waals surface area (Å²) in [6, 6.07) is 11.1. The maximum absolute atomic E-state index is 12.8. The highest BCUT2D eigenvalue weighted by Crippen LogP contribution is 2.41. The minimum atomic E-state index is -0.446. The third-order valence-electron chi connectivity index (χ3n) is 4.44. The molecule has 0 aliphatic rings. The second kappa shape index (κ2) is 7.88. The first-order valence-corrected chi connectivity index (χ1v) is 10.2. The van der Waals surface area contributed by atoms with Crippen molar-refractivity contribution in [1.29, 1.82) is 0 Å². The molecule has 0 radical (unpaired) electrons. The van der Waals surface area contributed by atoms with Crippen molar-refractivity contribution in [1.82, 2.24) is 4.98 Å². The number of aromatic nitrogens is 1. The molecule has 29 heavy (non-hydrogen) atoms. The van der Waals surface area contributed by atoms with Crippen LogP contribution in [0.1, 0.15) is 0 Å². The molecule has 0 aliphatic carbocycles. The van der Waals surface area contributed by atoms with Gasteiger partial charge in [-0.05, 0) is 29.8 Å². The summed E-state index contributed by atoms with van der Waals surface area (Å²) in [5.41, 5.74) is 1.83. The number of fused-ring (bicyclic) bond motifs is 1. The number of nitrogens with zero attached hydrogens (tertiary/aromatic N) is 1. The van der Waals surface area contributed by atoms with Crippen LogP contribution < -0.4 is 19.8 Å². The highest BCUT2D eigenvalue weighted by atomic mass is 79.9. The zero-order valence-corrected chi connectivity index (χ0v) is 18.2. The number of thiophene rings is 1. The van der Waals surface area contributed by atoms with Crippen molar-refractivity contribution in [3.63, 3.8) is 0 Å². The van der Waals surface area contributed by atoms with E-state index in [-0.39, 0.29) is 5.89 Å². The van der Waals surface area contributed by atoms with Gasteiger partial charge in [0, 0.05) is 21.0 Å². The van der Waals surface area contributed by atoms with Crippen molar-refractivity contribution in [3.8, 4) is 39.8 Å². The van der Waals surface area contributed by atoms with Crippen LogP contribution >= 0.6 is 27.3 Å². The molecule has 0 aliphatic heterocycles. The van der Waals surface area contributed by atoms with E-state index in [1.807, 2.05) is 29.6 Å². The molecule has 4 aromatic rings. The minimum absolute atomic E-state index is 0.186. The number of methoxy groups -OCH3 is 3. The number of benzene rings is 2. The lowest BCUT2D eigenvalue weighted by Crippen LogP contribution is -2.03. The Bertz CT molecular complexity index is 1220. The highest BCUT2D eigenvalue weighted by Gasteiger charge is 2.19. The van der Waals surface area contributed by atoms with E-state index < -0.39 is 5.63 Å². The Kier molecular flexibility index (Phi) is 5.29. The third-order valence-corrected chi connectivity index (χ3v) is 5.84. The van der Waals surface area contributed by atoms with E-state index in [2.05, 4.69) is 20.9 Å². The smallest absolute Gasteiger partial charge is 0.348 e. The Labute approximate surface area is 178 Å². The first-order valence-electron chi connectivity index (χ1n) is 8.54. The average Bonchev–Trinajstić information content (AvgIpc) is 3.17. The first kappa shape index (κ1) is 19.5. The van der Waals surface area contributed by atoms with E-state index in [1.54, 1.807) is 12.1 Å². The van der Waals surface area contributed by atoms with Gasteiger partial charge in [0.25, 0.3) is 0 Å². The fourth-order valence-corrected chi connectivity index (χ4v) is 4.25. The van der Waals surface area contributed by atoms with E-state index in [1.165, 1.54) is 32.7 Å². The molecule has 0 saturated carbocycles. The average molecular weight is 474 g/mol. The highest BCUT2D eigenvalue weighted by molar-refractivity contribution is 9.10. The maximum Gasteiger partial charge on any atom is 0.348 e. The predicted octanol–water partition coefficient (Wildman–Crippen LogP) is 5.37. The topological polar surface area (TPSA) is 70.8 Å². The Balaban J connectivity index is 1.87. The van der Waals surface area contributed by atoms with Crippen molar-refractivity contribution in [2.75, 3.05) is 21.3 Å². The van der Waals surface area contributed by atoms with Gasteiger partial charge in [0.05, 0.1) is 21.3 Å². The third kappa shape index (κ3) is 3.49. The Morgan fingerprint density at radius 1 is 0.966 bits per heavy atom. The van der Waals surface area contributed by atoms with Crippen molar-refractivity contribution < 1.29 is 18.6 Å². The molecule has 4 rings (SSSR count). The van der Waals surface area contributed by atoms with Crippen LogP contribution in [0.25, 0.3) is 32.8 Å². The second-order valence-corrected chi connectivity index (χ2v) is 7.83. The van der Waals surface area contributed by atoms with Crippen molar-refractivity contribution in [2.24, 2.45) is 0 Å². The molecule has 2 aromatic heterocycles. The van der Waals surface area contributed by atoms with Gasteiger partial charge < -0.3 is 18.6 Å². The summed E-state index contributed by atoms with van der Waals surface area (Å²) < 4.78 is 22.6. The summed E-state index contributed by atoms with van der Waals surface area (Å²) in [6.45, 7) is 0. The quantitative estimate of drug-likeness (QED) is 0.387. The molecule has 0 saturated heterocycles. The molecule has 0 N–H and O–H groups in total. The maximum atomic E-state index is 12.8. The lowest BCUT2D eigenvalue weighted by Gasteiger charge is -2.13. The molecule has 0 amide bonds. The molecule has 6 nitrogen and oxygen atoms in total. The lowest BCUT2D eigenvalue weighted by atomic mass is 10.1. The molecule has 0 bridgehead atoms. The molecule has 2 aromatic carbocycles. The lowest BCUT2D eigenvalue weighted by molar-refractivity contribution is 0.324. The largest absolute Gasteiger partial charge is 0.493 e. The van der Waals surface area contributed by atoms with Gasteiger partial charge in [-0.2, -0.15) is 0 Å². The summed E-state index contributed by atoms with van der Waals surface area (Å²) in [7, 11) is 4.58. The SMILES string of the molecule is COc1cc(-c2nc3scc(-c4ccc(Br)cc4)c3c(=O)o2)cc(OC)c1OC. The fourth-order valence-electron chi connectivity index (χ4n) is 3.05. The van der Waals surface area contributed by atoms with Gasteiger partial charge in [-0.15, -0.1) is 11.3 Å². The van der Waals surface area contributed by atoms with Crippen molar-refractivity contribution in [3.05, 3.63) is 56.7 Å². The van der Waals surface area contributed by atoms with Crippen LogP contribution in [0.15, 0.2) is 55.5 Å². The normalized spacial score (nSPS) is 10.9. The van der Waals surface area contributed by atoms with Crippen LogP contribution in [0, 0.1) is 0 Å². The van der Waals surface area contributed by atoms with E-state index >= 15 is 0 Å². The monoisotopic (exact) mass is 473 g/mol. The molecule has 0 atom stereocenters. The second-order valence-electron chi connectivity index (χ2n) is 6.06. The number of halogens is 1. The summed E-state index contributed by atoms with van der Waals surface area (Å²) in [5, 5.41) is 2.38. The van der Waals surface area contributed by atoms with E-state index in [4.69, 9.17) is 18.6 Å². The molecule has 0 spiro atoms. The molecule has 0 unspecified atom stereocenters. The number of hydrogen-bond acceptors (Lipinski definition) is 7. The van der Waals surface area contributed by atoms with Crippen LogP contribution in [0.2, 0.25) is 0 Å². The summed E-state index contributed by atoms with van der Waals surface area (Å²) in [6.07, 6.45) is 0. The zero-order chi connectivity index (χ0) is 20.5. The molecule has 2 heterocycles. The van der Waals surface area contributed by atoms with Crippen LogP contribution in [-0.4, -0.2) is 26.3 Å². The zero-order valence-electron chi connectivity index (χ0n) is 15.8. The summed E-state index contributed by atoms with van der Waals surface area (Å²) >= 11 is 4.82. The standard InChI is InChI=1S/C21H16BrNO5S/c1-25-15-8-12(9-16(26-2)18(15)27-3)19-23-20-17(21(24)28-19)14(10-29-20)11-4-6-13(22)7-5-11/h4-10H,1-3H3. The van der Waals surface area contributed by atoms with Crippen LogP contribution in [-0.2, 0) is 0 Å². The fraction of sp³-hybridized carbons (Fsp3) is 0.143. The molecule has 0 fully saturated rings. The molecular formula is C21H16BrNO5S. The van der Waals surface area contributed by atoms with Gasteiger partial charge in [-0.25, -0.2) is 9.78 Å². The number of hydrogen-bond donors (Lipinski definition) is 0. The first-order chi connectivity index (χ1) is 14.0. The number of rotatable bonds is 5. The van der Waals surface area contributed by atoms with Gasteiger partial charge in [0.1, 0.15) is 10.2 Å².